The van der Waals surface area contributed by atoms with Gasteiger partial charge in [-0.1, -0.05) is 0 Å². The number of aryl methyl sites for hydroxylation is 1. The summed E-state index contributed by atoms with van der Waals surface area (Å²) in [5.41, 5.74) is 0.570. The maximum atomic E-state index is 12.3. The average molecular weight is 251 g/mol. The van der Waals surface area contributed by atoms with E-state index in [2.05, 4.69) is 0 Å². The third-order valence-electron chi connectivity index (χ3n) is 3.33. The Morgan fingerprint density at radius 1 is 1.50 bits per heavy atom. The number of rotatable bonds is 2. The number of furan rings is 1. The van der Waals surface area contributed by atoms with Gasteiger partial charge in [-0.3, -0.25) is 9.59 Å². The molecule has 1 saturated heterocycles. The topological polar surface area (TPSA) is 59.8 Å². The third-order valence-corrected chi connectivity index (χ3v) is 3.33. The van der Waals surface area contributed by atoms with Crippen molar-refractivity contribution in [2.75, 3.05) is 20.2 Å². The summed E-state index contributed by atoms with van der Waals surface area (Å²) in [6.45, 7) is 2.86. The van der Waals surface area contributed by atoms with Crippen LogP contribution in [0.5, 0.6) is 0 Å². The fourth-order valence-electron chi connectivity index (χ4n) is 2.30. The van der Waals surface area contributed by atoms with E-state index < -0.39 is 0 Å². The van der Waals surface area contributed by atoms with Crippen LogP contribution < -0.4 is 0 Å². The van der Waals surface area contributed by atoms with Gasteiger partial charge in [0.05, 0.1) is 24.9 Å². The maximum Gasteiger partial charge on any atom is 0.310 e. The Balaban J connectivity index is 2.07. The molecule has 0 N–H and O–H groups in total. The first-order valence-corrected chi connectivity index (χ1v) is 6.04. The van der Waals surface area contributed by atoms with Gasteiger partial charge in [0.15, 0.2) is 0 Å². The van der Waals surface area contributed by atoms with E-state index in [0.29, 0.717) is 24.4 Å². The third kappa shape index (κ3) is 2.39. The van der Waals surface area contributed by atoms with Crippen molar-refractivity contribution in [2.24, 2.45) is 5.92 Å². The number of amides is 1. The minimum Gasteiger partial charge on any atom is -0.469 e. The number of hydrogen-bond donors (Lipinski definition) is 0. The number of ether oxygens (including phenoxy) is 1. The second-order valence-electron chi connectivity index (χ2n) is 4.50. The summed E-state index contributed by atoms with van der Waals surface area (Å²) >= 11 is 0. The molecule has 1 atom stereocenters. The highest BCUT2D eigenvalue weighted by Gasteiger charge is 2.30. The molecule has 1 aliphatic rings. The lowest BCUT2D eigenvalue weighted by Crippen LogP contribution is -2.42. The number of nitrogens with zero attached hydrogens (tertiary/aromatic N) is 1. The summed E-state index contributed by atoms with van der Waals surface area (Å²) in [7, 11) is 1.38. The zero-order valence-electron chi connectivity index (χ0n) is 10.6. The number of esters is 1. The van der Waals surface area contributed by atoms with Crippen LogP contribution in [0.1, 0.15) is 29.0 Å². The smallest absolute Gasteiger partial charge is 0.310 e. The monoisotopic (exact) mass is 251 g/mol. The van der Waals surface area contributed by atoms with E-state index in [1.807, 2.05) is 0 Å². The first-order chi connectivity index (χ1) is 8.63. The first kappa shape index (κ1) is 12.7. The lowest BCUT2D eigenvalue weighted by atomic mass is 9.97. The molecule has 1 aliphatic heterocycles. The number of hydrogen-bond acceptors (Lipinski definition) is 4. The van der Waals surface area contributed by atoms with Gasteiger partial charge >= 0.3 is 5.97 Å². The molecule has 0 radical (unpaired) electrons. The van der Waals surface area contributed by atoms with Crippen LogP contribution in [-0.4, -0.2) is 37.0 Å². The fourth-order valence-corrected chi connectivity index (χ4v) is 2.30. The van der Waals surface area contributed by atoms with Crippen LogP contribution >= 0.6 is 0 Å². The van der Waals surface area contributed by atoms with Crippen molar-refractivity contribution in [1.29, 1.82) is 0 Å². The van der Waals surface area contributed by atoms with Gasteiger partial charge in [0.25, 0.3) is 5.91 Å². The van der Waals surface area contributed by atoms with E-state index in [-0.39, 0.29) is 17.8 Å². The van der Waals surface area contributed by atoms with Crippen molar-refractivity contribution in [3.8, 4) is 0 Å². The van der Waals surface area contributed by atoms with Crippen molar-refractivity contribution in [1.82, 2.24) is 4.90 Å². The molecule has 18 heavy (non-hydrogen) atoms. The van der Waals surface area contributed by atoms with Gasteiger partial charge in [0, 0.05) is 13.1 Å². The predicted molar refractivity (Wildman–Crippen MR) is 64.1 cm³/mol. The van der Waals surface area contributed by atoms with Crippen molar-refractivity contribution >= 4 is 11.9 Å². The van der Waals surface area contributed by atoms with Crippen LogP contribution in [0.15, 0.2) is 16.7 Å². The van der Waals surface area contributed by atoms with E-state index >= 15 is 0 Å². The lowest BCUT2D eigenvalue weighted by Gasteiger charge is -2.31. The zero-order valence-corrected chi connectivity index (χ0v) is 10.6. The SMILES string of the molecule is COC(=O)C1CCCN(C(=O)c2ccoc2C)C1. The van der Waals surface area contributed by atoms with Crippen LogP contribution in [0.2, 0.25) is 0 Å². The molecule has 1 aromatic rings. The van der Waals surface area contributed by atoms with E-state index in [1.165, 1.54) is 13.4 Å². The van der Waals surface area contributed by atoms with E-state index in [9.17, 15) is 9.59 Å². The molecule has 0 spiro atoms. The molecule has 2 rings (SSSR count). The molecule has 1 fully saturated rings. The van der Waals surface area contributed by atoms with Crippen molar-refractivity contribution in [3.05, 3.63) is 23.7 Å². The molecule has 5 heteroatoms. The normalized spacial score (nSPS) is 19.7. The van der Waals surface area contributed by atoms with Crippen LogP contribution in [0.3, 0.4) is 0 Å². The summed E-state index contributed by atoms with van der Waals surface area (Å²) < 4.78 is 9.87. The number of likely N-dealkylation sites (tertiary alicyclic amines) is 1. The number of methoxy groups -OCH3 is 1. The molecule has 98 valence electrons. The van der Waals surface area contributed by atoms with E-state index in [0.717, 1.165) is 12.8 Å². The summed E-state index contributed by atoms with van der Waals surface area (Å²) in [4.78, 5) is 25.5. The molecule has 1 aromatic heterocycles. The molecule has 2 heterocycles. The lowest BCUT2D eigenvalue weighted by molar-refractivity contribution is -0.146. The fraction of sp³-hybridized carbons (Fsp3) is 0.538. The van der Waals surface area contributed by atoms with Crippen LogP contribution in [0, 0.1) is 12.8 Å². The molecular weight excluding hydrogens is 234 g/mol. The molecule has 0 aliphatic carbocycles. The summed E-state index contributed by atoms with van der Waals surface area (Å²) in [6, 6.07) is 1.67. The Bertz CT molecular complexity index is 452. The van der Waals surface area contributed by atoms with Crippen LogP contribution in [-0.2, 0) is 9.53 Å². The quantitative estimate of drug-likeness (QED) is 0.749. The highest BCUT2D eigenvalue weighted by atomic mass is 16.5. The average Bonchev–Trinajstić information content (AvgIpc) is 2.83. The molecule has 0 saturated carbocycles. The number of carbonyl (C=O) groups is 2. The molecule has 0 bridgehead atoms. The summed E-state index contributed by atoms with van der Waals surface area (Å²) in [5, 5.41) is 0. The van der Waals surface area contributed by atoms with Gasteiger partial charge in [0.1, 0.15) is 5.76 Å². The Morgan fingerprint density at radius 2 is 2.28 bits per heavy atom. The van der Waals surface area contributed by atoms with Crippen molar-refractivity contribution < 1.29 is 18.7 Å². The van der Waals surface area contributed by atoms with E-state index in [1.54, 1.807) is 17.9 Å². The zero-order chi connectivity index (χ0) is 13.1. The molecule has 0 aromatic carbocycles. The number of piperidine rings is 1. The van der Waals surface area contributed by atoms with Crippen LogP contribution in [0.4, 0.5) is 0 Å². The Hall–Kier alpha value is -1.78. The molecule has 1 amide bonds. The van der Waals surface area contributed by atoms with Crippen molar-refractivity contribution in [2.45, 2.75) is 19.8 Å². The number of carbonyl (C=O) groups excluding carboxylic acids is 2. The second kappa shape index (κ2) is 5.25. The van der Waals surface area contributed by atoms with Crippen molar-refractivity contribution in [3.63, 3.8) is 0 Å². The summed E-state index contributed by atoms with van der Waals surface area (Å²) in [6.07, 6.45) is 3.10. The minimum atomic E-state index is -0.239. The Labute approximate surface area is 106 Å². The minimum absolute atomic E-state index is 0.0742. The maximum absolute atomic E-state index is 12.3. The predicted octanol–water partition coefficient (Wildman–Crippen LogP) is 1.61. The first-order valence-electron chi connectivity index (χ1n) is 6.04. The largest absolute Gasteiger partial charge is 0.469 e. The van der Waals surface area contributed by atoms with Gasteiger partial charge in [-0.2, -0.15) is 0 Å². The molecule has 1 unspecified atom stereocenters. The summed E-state index contributed by atoms with van der Waals surface area (Å²) in [5.74, 6) is 0.0892. The van der Waals surface area contributed by atoms with Gasteiger partial charge < -0.3 is 14.1 Å². The highest BCUT2D eigenvalue weighted by Crippen LogP contribution is 2.21. The Kier molecular flexibility index (Phi) is 3.69. The Morgan fingerprint density at radius 3 is 2.89 bits per heavy atom. The van der Waals surface area contributed by atoms with E-state index in [4.69, 9.17) is 9.15 Å². The van der Waals surface area contributed by atoms with Gasteiger partial charge in [0.2, 0.25) is 0 Å². The van der Waals surface area contributed by atoms with Gasteiger partial charge in [-0.05, 0) is 25.8 Å². The highest BCUT2D eigenvalue weighted by molar-refractivity contribution is 5.95. The molecule has 5 nitrogen and oxygen atoms in total. The van der Waals surface area contributed by atoms with Crippen LogP contribution in [0.25, 0.3) is 0 Å². The second-order valence-corrected chi connectivity index (χ2v) is 4.50. The molecular formula is C13H17NO4. The standard InChI is InChI=1S/C13H17NO4/c1-9-11(5-7-18-9)12(15)14-6-3-4-10(8-14)13(16)17-2/h5,7,10H,3-4,6,8H2,1-2H3. The van der Waals surface area contributed by atoms with Gasteiger partial charge in [-0.15, -0.1) is 0 Å². The van der Waals surface area contributed by atoms with Gasteiger partial charge in [-0.25, -0.2) is 0 Å².